The monoisotopic (exact) mass is 335 g/mol. The van der Waals surface area contributed by atoms with Crippen LogP contribution in [0, 0.1) is 3.57 Å². The third-order valence-electron chi connectivity index (χ3n) is 1.34. The van der Waals surface area contributed by atoms with Gasteiger partial charge in [-0.25, -0.2) is 0 Å². The minimum absolute atomic E-state index is 0.160. The second-order valence-corrected chi connectivity index (χ2v) is 3.55. The number of aromatic amines is 1. The van der Waals surface area contributed by atoms with E-state index in [4.69, 9.17) is 0 Å². The first-order valence-corrected chi connectivity index (χ1v) is 4.64. The normalized spacial score (nSPS) is 11.3. The molecule has 0 aliphatic carbocycles. The average molecular weight is 335 g/mol. The molecule has 0 bridgehead atoms. The molecule has 0 saturated carbocycles. The van der Waals surface area contributed by atoms with Crippen molar-refractivity contribution >= 4 is 22.6 Å². The SMILES string of the molecule is COc1c(I)cc(=O)[nH]c1OC(F)(F)F. The van der Waals surface area contributed by atoms with Crippen LogP contribution in [-0.4, -0.2) is 18.5 Å². The Bertz CT molecular complexity index is 415. The van der Waals surface area contributed by atoms with Gasteiger partial charge >= 0.3 is 6.36 Å². The number of pyridine rings is 1. The van der Waals surface area contributed by atoms with Gasteiger partial charge in [0.1, 0.15) is 0 Å². The molecule has 0 atom stereocenters. The Morgan fingerprint density at radius 1 is 1.47 bits per heavy atom. The van der Waals surface area contributed by atoms with E-state index in [-0.39, 0.29) is 9.32 Å². The first-order chi connectivity index (χ1) is 6.83. The molecular formula is C7H5F3INO3. The van der Waals surface area contributed by atoms with Crippen molar-refractivity contribution in [2.75, 3.05) is 7.11 Å². The van der Waals surface area contributed by atoms with Gasteiger partial charge in [0.25, 0.3) is 5.56 Å². The molecule has 0 saturated heterocycles. The molecule has 0 aliphatic heterocycles. The fourth-order valence-electron chi connectivity index (χ4n) is 0.872. The number of hydrogen-bond acceptors (Lipinski definition) is 3. The summed E-state index contributed by atoms with van der Waals surface area (Å²) in [7, 11) is 1.18. The molecule has 1 rings (SSSR count). The highest BCUT2D eigenvalue weighted by atomic mass is 127. The van der Waals surface area contributed by atoms with Gasteiger partial charge in [-0.15, -0.1) is 13.2 Å². The van der Waals surface area contributed by atoms with Crippen LogP contribution < -0.4 is 15.0 Å². The van der Waals surface area contributed by atoms with Crippen LogP contribution in [-0.2, 0) is 0 Å². The molecule has 0 aromatic carbocycles. The smallest absolute Gasteiger partial charge is 0.490 e. The van der Waals surface area contributed by atoms with E-state index in [0.29, 0.717) is 0 Å². The van der Waals surface area contributed by atoms with Gasteiger partial charge in [-0.1, -0.05) is 0 Å². The maximum atomic E-state index is 11.9. The quantitative estimate of drug-likeness (QED) is 0.840. The predicted octanol–water partition coefficient (Wildman–Crippen LogP) is 1.89. The fraction of sp³-hybridized carbons (Fsp3) is 0.286. The van der Waals surface area contributed by atoms with Gasteiger partial charge in [0.15, 0.2) is 5.75 Å². The largest absolute Gasteiger partial charge is 0.574 e. The van der Waals surface area contributed by atoms with Crippen LogP contribution in [0.5, 0.6) is 11.6 Å². The number of alkyl halides is 3. The van der Waals surface area contributed by atoms with Gasteiger partial charge in [-0.2, -0.15) is 0 Å². The van der Waals surface area contributed by atoms with Crippen LogP contribution >= 0.6 is 22.6 Å². The lowest BCUT2D eigenvalue weighted by molar-refractivity contribution is -0.276. The third kappa shape index (κ3) is 3.29. The van der Waals surface area contributed by atoms with E-state index in [9.17, 15) is 18.0 Å². The van der Waals surface area contributed by atoms with E-state index in [0.717, 1.165) is 6.07 Å². The van der Waals surface area contributed by atoms with Crippen molar-refractivity contribution in [1.82, 2.24) is 4.98 Å². The predicted molar refractivity (Wildman–Crippen MR) is 53.0 cm³/mol. The molecule has 0 unspecified atom stereocenters. The van der Waals surface area contributed by atoms with Crippen LogP contribution in [0.3, 0.4) is 0 Å². The Kier molecular flexibility index (Phi) is 3.47. The third-order valence-corrected chi connectivity index (χ3v) is 2.14. The van der Waals surface area contributed by atoms with Crippen LogP contribution in [0.1, 0.15) is 0 Å². The Morgan fingerprint density at radius 2 is 2.07 bits per heavy atom. The number of aromatic nitrogens is 1. The topological polar surface area (TPSA) is 51.3 Å². The minimum atomic E-state index is -4.87. The van der Waals surface area contributed by atoms with Crippen molar-refractivity contribution in [2.24, 2.45) is 0 Å². The number of hydrogen-bond donors (Lipinski definition) is 1. The molecule has 84 valence electrons. The molecule has 1 aromatic rings. The van der Waals surface area contributed by atoms with Crippen molar-refractivity contribution in [1.29, 1.82) is 0 Å². The molecule has 0 spiro atoms. The summed E-state index contributed by atoms with van der Waals surface area (Å²) in [6.07, 6.45) is -4.87. The summed E-state index contributed by atoms with van der Waals surface area (Å²) in [5, 5.41) is 0. The highest BCUT2D eigenvalue weighted by Gasteiger charge is 2.33. The summed E-state index contributed by atoms with van der Waals surface area (Å²) in [6, 6.07) is 1.10. The lowest BCUT2D eigenvalue weighted by Crippen LogP contribution is -2.21. The van der Waals surface area contributed by atoms with Crippen LogP contribution in [0.15, 0.2) is 10.9 Å². The lowest BCUT2D eigenvalue weighted by Gasteiger charge is -2.12. The molecule has 8 heteroatoms. The van der Waals surface area contributed by atoms with Crippen LogP contribution in [0.4, 0.5) is 13.2 Å². The van der Waals surface area contributed by atoms with E-state index in [1.165, 1.54) is 7.11 Å². The number of H-pyrrole nitrogens is 1. The van der Waals surface area contributed by atoms with Crippen molar-refractivity contribution in [3.8, 4) is 11.6 Å². The average Bonchev–Trinajstić information content (AvgIpc) is 1.99. The zero-order chi connectivity index (χ0) is 11.6. The van der Waals surface area contributed by atoms with E-state index in [1.54, 1.807) is 22.6 Å². The fourth-order valence-corrected chi connectivity index (χ4v) is 1.62. The second kappa shape index (κ2) is 4.29. The Balaban J connectivity index is 3.21. The number of rotatable bonds is 2. The number of halogens is 4. The van der Waals surface area contributed by atoms with Gasteiger partial charge < -0.3 is 9.47 Å². The van der Waals surface area contributed by atoms with E-state index in [1.807, 2.05) is 4.98 Å². The van der Waals surface area contributed by atoms with Crippen molar-refractivity contribution < 1.29 is 22.6 Å². The maximum absolute atomic E-state index is 11.9. The molecule has 0 aliphatic rings. The van der Waals surface area contributed by atoms with Gasteiger partial charge in [-0.05, 0) is 22.6 Å². The molecule has 1 aromatic heterocycles. The lowest BCUT2D eigenvalue weighted by atomic mass is 10.4. The first kappa shape index (κ1) is 12.1. The molecular weight excluding hydrogens is 330 g/mol. The van der Waals surface area contributed by atoms with E-state index < -0.39 is 17.8 Å². The summed E-state index contributed by atoms with van der Waals surface area (Å²) >= 11 is 1.67. The van der Waals surface area contributed by atoms with Crippen molar-refractivity contribution in [3.05, 3.63) is 20.0 Å². The van der Waals surface area contributed by atoms with E-state index in [2.05, 4.69) is 9.47 Å². The van der Waals surface area contributed by atoms with Gasteiger partial charge in [0.05, 0.1) is 10.7 Å². The molecule has 4 nitrogen and oxygen atoms in total. The zero-order valence-corrected chi connectivity index (χ0v) is 9.47. The van der Waals surface area contributed by atoms with Crippen molar-refractivity contribution in [3.63, 3.8) is 0 Å². The Labute approximate surface area is 95.5 Å². The van der Waals surface area contributed by atoms with Crippen LogP contribution in [0.25, 0.3) is 0 Å². The van der Waals surface area contributed by atoms with Gasteiger partial charge in [-0.3, -0.25) is 9.78 Å². The van der Waals surface area contributed by atoms with Crippen LogP contribution in [0.2, 0.25) is 0 Å². The second-order valence-electron chi connectivity index (χ2n) is 2.39. The molecule has 1 heterocycles. The zero-order valence-electron chi connectivity index (χ0n) is 7.31. The molecule has 15 heavy (non-hydrogen) atoms. The molecule has 0 radical (unpaired) electrons. The van der Waals surface area contributed by atoms with Crippen molar-refractivity contribution in [2.45, 2.75) is 6.36 Å². The molecule has 1 N–H and O–H groups in total. The molecule has 0 fully saturated rings. The summed E-state index contributed by atoms with van der Waals surface area (Å²) in [5.41, 5.74) is -0.695. The number of nitrogens with one attached hydrogen (secondary N) is 1. The summed E-state index contributed by atoms with van der Waals surface area (Å²) < 4.78 is 44.3. The maximum Gasteiger partial charge on any atom is 0.574 e. The van der Waals surface area contributed by atoms with Gasteiger partial charge in [0.2, 0.25) is 5.88 Å². The summed E-state index contributed by atoms with van der Waals surface area (Å²) in [6.45, 7) is 0. The van der Waals surface area contributed by atoms with E-state index >= 15 is 0 Å². The Hall–Kier alpha value is -0.930. The number of methoxy groups -OCH3 is 1. The highest BCUT2D eigenvalue weighted by molar-refractivity contribution is 14.1. The first-order valence-electron chi connectivity index (χ1n) is 3.56. The number of ether oxygens (including phenoxy) is 2. The highest BCUT2D eigenvalue weighted by Crippen LogP contribution is 2.32. The van der Waals surface area contributed by atoms with Gasteiger partial charge in [0, 0.05) is 6.07 Å². The Morgan fingerprint density at radius 3 is 2.53 bits per heavy atom. The summed E-state index contributed by atoms with van der Waals surface area (Å²) in [4.78, 5) is 12.8. The summed E-state index contributed by atoms with van der Waals surface area (Å²) in [5.74, 6) is -0.908. The standard InChI is InChI=1S/C7H5F3INO3/c1-14-5-3(11)2-4(13)12-6(5)15-7(8,9)10/h2H,1H3,(H,12,13). The minimum Gasteiger partial charge on any atom is -0.490 e. The molecule has 0 amide bonds.